The van der Waals surface area contributed by atoms with Crippen LogP contribution in [0, 0.1) is 0 Å². The number of hydrogen-bond donors (Lipinski definition) is 2. The predicted molar refractivity (Wildman–Crippen MR) is 101 cm³/mol. The summed E-state index contributed by atoms with van der Waals surface area (Å²) in [5, 5.41) is 14.8. The molecule has 1 amide bonds. The second kappa shape index (κ2) is 7.70. The van der Waals surface area contributed by atoms with Gasteiger partial charge in [-0.2, -0.15) is 5.10 Å². The van der Waals surface area contributed by atoms with Gasteiger partial charge in [0.1, 0.15) is 0 Å². The molecule has 1 aromatic heterocycles. The number of nitrogens with one attached hydrogen (secondary N) is 1. The van der Waals surface area contributed by atoms with Crippen LogP contribution in [0.2, 0.25) is 5.02 Å². The van der Waals surface area contributed by atoms with Gasteiger partial charge in [0.05, 0.1) is 21.4 Å². The van der Waals surface area contributed by atoms with E-state index in [-0.39, 0.29) is 5.91 Å². The van der Waals surface area contributed by atoms with E-state index in [9.17, 15) is 9.90 Å². The minimum absolute atomic E-state index is 0.242. The number of benzene rings is 1. The molecule has 0 radical (unpaired) electrons. The summed E-state index contributed by atoms with van der Waals surface area (Å²) in [6.45, 7) is 0. The number of carbonyl (C=O) groups excluding carboxylic acids is 1. The molecule has 24 heavy (non-hydrogen) atoms. The van der Waals surface area contributed by atoms with Crippen LogP contribution in [0.4, 0.5) is 0 Å². The summed E-state index contributed by atoms with van der Waals surface area (Å²) in [6, 6.07) is 7.29. The number of thioether (sulfide) groups is 1. The van der Waals surface area contributed by atoms with Crippen molar-refractivity contribution < 1.29 is 9.90 Å². The zero-order chi connectivity index (χ0) is 17.1. The Labute approximate surface area is 153 Å². The van der Waals surface area contributed by atoms with Crippen LogP contribution in [-0.4, -0.2) is 23.5 Å². The van der Waals surface area contributed by atoms with Crippen LogP contribution in [0.1, 0.15) is 45.3 Å². The van der Waals surface area contributed by atoms with Crippen LogP contribution in [-0.2, 0) is 6.42 Å². The van der Waals surface area contributed by atoms with Gasteiger partial charge in [0, 0.05) is 16.1 Å². The summed E-state index contributed by atoms with van der Waals surface area (Å²) in [7, 11) is 0. The third kappa shape index (κ3) is 3.52. The van der Waals surface area contributed by atoms with Crippen LogP contribution >= 0.6 is 34.7 Å². The van der Waals surface area contributed by atoms with Crippen molar-refractivity contribution in [1.82, 2.24) is 5.43 Å². The number of fused-ring (bicyclic) bond motifs is 1. The highest BCUT2D eigenvalue weighted by molar-refractivity contribution is 8.00. The largest absolute Gasteiger partial charge is 0.388 e. The number of nitrogens with zero attached hydrogens (tertiary/aromatic N) is 1. The lowest BCUT2D eigenvalue weighted by molar-refractivity contribution is 0.0957. The summed E-state index contributed by atoms with van der Waals surface area (Å²) in [6.07, 6.45) is 5.49. The quantitative estimate of drug-likeness (QED) is 0.473. The molecular weight excluding hydrogens is 364 g/mol. The van der Waals surface area contributed by atoms with Crippen LogP contribution < -0.4 is 5.43 Å². The number of hydrogen-bond acceptors (Lipinski definition) is 5. The van der Waals surface area contributed by atoms with Crippen LogP contribution in [0.25, 0.3) is 0 Å². The number of amides is 1. The first-order chi connectivity index (χ1) is 11.6. The van der Waals surface area contributed by atoms with Crippen molar-refractivity contribution in [3.05, 3.63) is 50.9 Å². The highest BCUT2D eigenvalue weighted by Gasteiger charge is 2.29. The lowest BCUT2D eigenvalue weighted by Gasteiger charge is -2.19. The molecule has 4 nitrogen and oxygen atoms in total. The highest BCUT2D eigenvalue weighted by atomic mass is 35.5. The molecule has 1 heterocycles. The van der Waals surface area contributed by atoms with Gasteiger partial charge in [0.15, 0.2) is 0 Å². The van der Waals surface area contributed by atoms with Gasteiger partial charge in [-0.1, -0.05) is 29.8 Å². The van der Waals surface area contributed by atoms with Crippen LogP contribution in [0.15, 0.2) is 33.6 Å². The van der Waals surface area contributed by atoms with E-state index in [4.69, 9.17) is 11.6 Å². The lowest BCUT2D eigenvalue weighted by Crippen LogP contribution is -2.19. The van der Waals surface area contributed by atoms with Crippen molar-refractivity contribution in [3.8, 4) is 0 Å². The van der Waals surface area contributed by atoms with Crippen LogP contribution in [0.5, 0.6) is 0 Å². The average molecular weight is 381 g/mol. The van der Waals surface area contributed by atoms with Crippen molar-refractivity contribution >= 4 is 46.8 Å². The normalized spacial score (nSPS) is 17.0. The zero-order valence-electron chi connectivity index (χ0n) is 13.1. The van der Waals surface area contributed by atoms with Gasteiger partial charge in [-0.15, -0.1) is 23.1 Å². The number of carbonyl (C=O) groups is 1. The number of aliphatic hydroxyl groups excluding tert-OH is 1. The molecule has 1 atom stereocenters. The first kappa shape index (κ1) is 17.5. The van der Waals surface area contributed by atoms with E-state index in [2.05, 4.69) is 10.5 Å². The molecule has 0 saturated carbocycles. The lowest BCUT2D eigenvalue weighted by atomic mass is 9.91. The second-order valence-electron chi connectivity index (χ2n) is 5.44. The number of aliphatic hydroxyl groups is 1. The molecule has 0 saturated heterocycles. The van der Waals surface area contributed by atoms with E-state index >= 15 is 0 Å². The number of halogens is 1. The Morgan fingerprint density at radius 2 is 2.29 bits per heavy atom. The Balaban J connectivity index is 1.80. The molecule has 0 bridgehead atoms. The Morgan fingerprint density at radius 3 is 3.04 bits per heavy atom. The summed E-state index contributed by atoms with van der Waals surface area (Å²) in [5.74, 6) is -0.242. The van der Waals surface area contributed by atoms with Gasteiger partial charge in [-0.3, -0.25) is 4.79 Å². The summed E-state index contributed by atoms with van der Waals surface area (Å²) < 4.78 is 1.01. The molecule has 1 aromatic carbocycles. The Bertz CT molecular complexity index is 789. The topological polar surface area (TPSA) is 61.7 Å². The fourth-order valence-electron chi connectivity index (χ4n) is 2.78. The van der Waals surface area contributed by atoms with E-state index in [0.717, 1.165) is 40.2 Å². The maximum atomic E-state index is 12.5. The molecule has 1 aliphatic carbocycles. The number of rotatable bonds is 4. The third-order valence-corrected chi connectivity index (χ3v) is 6.64. The van der Waals surface area contributed by atoms with Gasteiger partial charge < -0.3 is 5.11 Å². The molecular formula is C17H17ClN2O2S2. The molecule has 3 rings (SSSR count). The van der Waals surface area contributed by atoms with Crippen molar-refractivity contribution in [3.63, 3.8) is 0 Å². The molecule has 2 aromatic rings. The van der Waals surface area contributed by atoms with E-state index in [1.807, 2.05) is 24.5 Å². The van der Waals surface area contributed by atoms with Crippen LogP contribution in [0.3, 0.4) is 0 Å². The summed E-state index contributed by atoms with van der Waals surface area (Å²) in [5.41, 5.74) is 5.21. The SMILES string of the molecule is CSc1sc(C(=O)NN=Cc2ccccc2Cl)c2c1C(O)CCC2. The van der Waals surface area contributed by atoms with Gasteiger partial charge in [0.2, 0.25) is 0 Å². The second-order valence-corrected chi connectivity index (χ2v) is 7.95. The first-order valence-corrected chi connectivity index (χ1v) is 9.99. The van der Waals surface area contributed by atoms with E-state index in [1.54, 1.807) is 17.8 Å². The Morgan fingerprint density at radius 1 is 1.50 bits per heavy atom. The minimum Gasteiger partial charge on any atom is -0.388 e. The molecule has 1 unspecified atom stereocenters. The fraction of sp³-hybridized carbons (Fsp3) is 0.294. The molecule has 0 fully saturated rings. The standard InChI is InChI=1S/C17H17ClN2O2S2/c1-23-17-14-11(6-4-8-13(14)21)15(24-17)16(22)20-19-9-10-5-2-3-7-12(10)18/h2-3,5,7,9,13,21H,4,6,8H2,1H3,(H,20,22). The number of hydrazone groups is 1. The summed E-state index contributed by atoms with van der Waals surface area (Å²) >= 11 is 9.06. The fourth-order valence-corrected chi connectivity index (χ4v) is 5.06. The summed E-state index contributed by atoms with van der Waals surface area (Å²) in [4.78, 5) is 13.1. The smallest absolute Gasteiger partial charge is 0.281 e. The van der Waals surface area contributed by atoms with Crippen molar-refractivity contribution in [2.24, 2.45) is 5.10 Å². The molecule has 1 aliphatic rings. The van der Waals surface area contributed by atoms with Gasteiger partial charge >= 0.3 is 0 Å². The minimum atomic E-state index is -0.472. The van der Waals surface area contributed by atoms with Gasteiger partial charge in [-0.05, 0) is 37.1 Å². The zero-order valence-corrected chi connectivity index (χ0v) is 15.5. The Kier molecular flexibility index (Phi) is 5.61. The average Bonchev–Trinajstić information content (AvgIpc) is 2.97. The molecule has 0 spiro atoms. The van der Waals surface area contributed by atoms with E-state index in [0.29, 0.717) is 9.90 Å². The van der Waals surface area contributed by atoms with E-state index < -0.39 is 6.10 Å². The first-order valence-electron chi connectivity index (χ1n) is 7.57. The maximum Gasteiger partial charge on any atom is 0.281 e. The van der Waals surface area contributed by atoms with E-state index in [1.165, 1.54) is 17.6 Å². The molecule has 7 heteroatoms. The van der Waals surface area contributed by atoms with Crippen molar-refractivity contribution in [2.75, 3.05) is 6.26 Å². The monoisotopic (exact) mass is 380 g/mol. The van der Waals surface area contributed by atoms with Crippen molar-refractivity contribution in [2.45, 2.75) is 29.6 Å². The Hall–Kier alpha value is -1.34. The third-order valence-electron chi connectivity index (χ3n) is 3.92. The predicted octanol–water partition coefficient (Wildman–Crippen LogP) is 4.26. The van der Waals surface area contributed by atoms with Crippen molar-refractivity contribution in [1.29, 1.82) is 0 Å². The molecule has 126 valence electrons. The van der Waals surface area contributed by atoms with Gasteiger partial charge in [0.25, 0.3) is 5.91 Å². The highest BCUT2D eigenvalue weighted by Crippen LogP contribution is 2.43. The number of thiophene rings is 1. The van der Waals surface area contributed by atoms with Gasteiger partial charge in [-0.25, -0.2) is 5.43 Å². The maximum absolute atomic E-state index is 12.5. The molecule has 0 aliphatic heterocycles. The molecule has 2 N–H and O–H groups in total.